The summed E-state index contributed by atoms with van der Waals surface area (Å²) in [5.74, 6) is 1.99. The molecule has 1 amide bonds. The quantitative estimate of drug-likeness (QED) is 0.904. The van der Waals surface area contributed by atoms with E-state index < -0.39 is 6.09 Å². The highest BCUT2D eigenvalue weighted by Crippen LogP contribution is 2.34. The number of aromatic nitrogens is 2. The Bertz CT molecular complexity index is 602. The van der Waals surface area contributed by atoms with Gasteiger partial charge in [0, 0.05) is 25.0 Å². The Morgan fingerprint density at radius 3 is 2.64 bits per heavy atom. The van der Waals surface area contributed by atoms with Crippen molar-refractivity contribution in [2.24, 2.45) is 0 Å². The zero-order valence-corrected chi connectivity index (χ0v) is 15.1. The number of hydrogen-bond acceptors (Lipinski definition) is 5. The topological polar surface area (TPSA) is 78.8 Å². The second-order valence-corrected chi connectivity index (χ2v) is 7.04. The van der Waals surface area contributed by atoms with Crippen LogP contribution in [0.4, 0.5) is 4.79 Å². The van der Waals surface area contributed by atoms with Crippen LogP contribution in [0, 0.1) is 6.92 Å². The lowest BCUT2D eigenvalue weighted by Gasteiger charge is -2.37. The summed E-state index contributed by atoms with van der Waals surface area (Å²) >= 11 is 0. The van der Waals surface area contributed by atoms with E-state index in [1.54, 1.807) is 18.2 Å². The van der Waals surface area contributed by atoms with Gasteiger partial charge in [-0.15, -0.1) is 0 Å². The molecule has 25 heavy (non-hydrogen) atoms. The Kier molecular flexibility index (Phi) is 5.73. The Hall–Kier alpha value is -1.89. The zero-order chi connectivity index (χ0) is 17.8. The van der Waals surface area contributed by atoms with Gasteiger partial charge in [0.25, 0.3) is 0 Å². The van der Waals surface area contributed by atoms with Crippen LogP contribution in [0.15, 0.2) is 6.20 Å². The number of carbonyl (C=O) groups is 1. The molecule has 1 aromatic rings. The number of ether oxygens (including phenoxy) is 1. The molecule has 0 bridgehead atoms. The molecule has 3 heterocycles. The van der Waals surface area contributed by atoms with Gasteiger partial charge in [-0.2, -0.15) is 0 Å². The van der Waals surface area contributed by atoms with Crippen LogP contribution >= 0.6 is 0 Å². The van der Waals surface area contributed by atoms with Gasteiger partial charge in [-0.1, -0.05) is 0 Å². The van der Waals surface area contributed by atoms with Crippen molar-refractivity contribution in [3.8, 4) is 5.75 Å². The molecule has 1 N–H and O–H groups in total. The third-order valence-electron chi connectivity index (χ3n) is 5.52. The fourth-order valence-corrected chi connectivity index (χ4v) is 4.10. The molecule has 0 aromatic carbocycles. The van der Waals surface area contributed by atoms with E-state index in [1.807, 2.05) is 6.92 Å². The number of methoxy groups -OCH3 is 1. The van der Waals surface area contributed by atoms with Gasteiger partial charge >= 0.3 is 6.09 Å². The Labute approximate surface area is 149 Å². The standard InChI is InChI=1S/C18H28N4O3/c1-13-19-12-16(25-2)17(20-13)14-5-9-21(10-6-14)15-4-3-8-22(11-7-15)18(23)24/h12,14-15H,3-11H2,1-2H3,(H,23,24). The lowest BCUT2D eigenvalue weighted by Crippen LogP contribution is -2.41. The minimum atomic E-state index is -0.786. The number of nitrogens with zero attached hydrogens (tertiary/aromatic N) is 4. The summed E-state index contributed by atoms with van der Waals surface area (Å²) in [6.45, 7) is 5.31. The van der Waals surface area contributed by atoms with E-state index in [9.17, 15) is 9.90 Å². The van der Waals surface area contributed by atoms with Crippen molar-refractivity contribution in [2.75, 3.05) is 33.3 Å². The molecule has 0 spiro atoms. The van der Waals surface area contributed by atoms with Gasteiger partial charge in [0.15, 0.2) is 5.75 Å². The normalized spacial score (nSPS) is 23.3. The molecule has 2 aliphatic heterocycles. The third-order valence-corrected chi connectivity index (χ3v) is 5.52. The van der Waals surface area contributed by atoms with Crippen molar-refractivity contribution in [3.63, 3.8) is 0 Å². The maximum Gasteiger partial charge on any atom is 0.407 e. The summed E-state index contributed by atoms with van der Waals surface area (Å²) in [5, 5.41) is 9.18. The summed E-state index contributed by atoms with van der Waals surface area (Å²) in [6, 6.07) is 0.499. The van der Waals surface area contributed by atoms with Gasteiger partial charge in [0.2, 0.25) is 0 Å². The first-order chi connectivity index (χ1) is 12.1. The highest BCUT2D eigenvalue weighted by Gasteiger charge is 2.30. The van der Waals surface area contributed by atoms with Gasteiger partial charge in [-0.3, -0.25) is 0 Å². The van der Waals surface area contributed by atoms with E-state index in [2.05, 4.69) is 14.9 Å². The number of carboxylic acid groups (broad SMARTS) is 1. The monoisotopic (exact) mass is 348 g/mol. The number of piperidine rings is 1. The predicted molar refractivity (Wildman–Crippen MR) is 94.1 cm³/mol. The first-order valence-electron chi connectivity index (χ1n) is 9.18. The second kappa shape index (κ2) is 7.99. The van der Waals surface area contributed by atoms with E-state index in [4.69, 9.17) is 4.74 Å². The average Bonchev–Trinajstić information content (AvgIpc) is 2.88. The van der Waals surface area contributed by atoms with E-state index in [0.29, 0.717) is 25.0 Å². The molecule has 0 aliphatic carbocycles. The van der Waals surface area contributed by atoms with Crippen molar-refractivity contribution in [1.82, 2.24) is 19.8 Å². The summed E-state index contributed by atoms with van der Waals surface area (Å²) in [4.78, 5) is 24.1. The van der Waals surface area contributed by atoms with E-state index in [1.165, 1.54) is 0 Å². The van der Waals surface area contributed by atoms with Crippen molar-refractivity contribution >= 4 is 6.09 Å². The Balaban J connectivity index is 1.59. The molecular formula is C18H28N4O3. The van der Waals surface area contributed by atoms with Crippen LogP contribution in [-0.2, 0) is 0 Å². The van der Waals surface area contributed by atoms with Gasteiger partial charge in [0.1, 0.15) is 5.82 Å². The second-order valence-electron chi connectivity index (χ2n) is 7.04. The summed E-state index contributed by atoms with van der Waals surface area (Å²) < 4.78 is 5.45. The SMILES string of the molecule is COc1cnc(C)nc1C1CCN(C2CCCN(C(=O)O)CC2)CC1. The van der Waals surface area contributed by atoms with Crippen molar-refractivity contribution in [3.05, 3.63) is 17.7 Å². The van der Waals surface area contributed by atoms with Gasteiger partial charge < -0.3 is 19.6 Å². The van der Waals surface area contributed by atoms with Gasteiger partial charge in [0.05, 0.1) is 19.0 Å². The van der Waals surface area contributed by atoms with E-state index >= 15 is 0 Å². The summed E-state index contributed by atoms with van der Waals surface area (Å²) in [5.41, 5.74) is 1.03. The summed E-state index contributed by atoms with van der Waals surface area (Å²) in [7, 11) is 1.67. The zero-order valence-electron chi connectivity index (χ0n) is 15.1. The highest BCUT2D eigenvalue weighted by atomic mass is 16.5. The highest BCUT2D eigenvalue weighted by molar-refractivity contribution is 5.64. The third kappa shape index (κ3) is 4.21. The molecule has 1 aromatic heterocycles. The lowest BCUT2D eigenvalue weighted by atomic mass is 9.91. The van der Waals surface area contributed by atoms with Crippen LogP contribution in [0.3, 0.4) is 0 Å². The summed E-state index contributed by atoms with van der Waals surface area (Å²) in [6.07, 6.45) is 6.09. The minimum absolute atomic E-state index is 0.411. The van der Waals surface area contributed by atoms with Gasteiger partial charge in [-0.05, 0) is 52.1 Å². The molecule has 2 fully saturated rings. The molecule has 7 heteroatoms. The van der Waals surface area contributed by atoms with Crippen LogP contribution in [-0.4, -0.2) is 70.3 Å². The molecule has 1 unspecified atom stereocenters. The molecule has 0 saturated carbocycles. The maximum atomic E-state index is 11.2. The first kappa shape index (κ1) is 17.9. The largest absolute Gasteiger partial charge is 0.493 e. The van der Waals surface area contributed by atoms with Crippen molar-refractivity contribution in [2.45, 2.75) is 51.0 Å². The molecule has 3 rings (SSSR count). The molecule has 0 radical (unpaired) electrons. The van der Waals surface area contributed by atoms with Crippen LogP contribution in [0.25, 0.3) is 0 Å². The number of aryl methyl sites for hydroxylation is 1. The average molecular weight is 348 g/mol. The smallest absolute Gasteiger partial charge is 0.407 e. The molecule has 2 saturated heterocycles. The molecule has 1 atom stereocenters. The molecule has 2 aliphatic rings. The minimum Gasteiger partial charge on any atom is -0.493 e. The molecular weight excluding hydrogens is 320 g/mol. The Morgan fingerprint density at radius 2 is 1.96 bits per heavy atom. The van der Waals surface area contributed by atoms with Crippen molar-refractivity contribution in [1.29, 1.82) is 0 Å². The van der Waals surface area contributed by atoms with Crippen LogP contribution in [0.2, 0.25) is 0 Å². The van der Waals surface area contributed by atoms with Crippen molar-refractivity contribution < 1.29 is 14.6 Å². The Morgan fingerprint density at radius 1 is 1.20 bits per heavy atom. The van der Waals surface area contributed by atoms with Crippen LogP contribution in [0.5, 0.6) is 5.75 Å². The number of amides is 1. The number of hydrogen-bond donors (Lipinski definition) is 1. The van der Waals surface area contributed by atoms with Crippen LogP contribution < -0.4 is 4.74 Å². The van der Waals surface area contributed by atoms with Crippen LogP contribution in [0.1, 0.15) is 49.5 Å². The number of rotatable bonds is 3. The van der Waals surface area contributed by atoms with Gasteiger partial charge in [-0.25, -0.2) is 14.8 Å². The molecule has 138 valence electrons. The van der Waals surface area contributed by atoms with E-state index in [0.717, 1.165) is 62.5 Å². The fourth-order valence-electron chi connectivity index (χ4n) is 4.10. The number of likely N-dealkylation sites (tertiary alicyclic amines) is 2. The van der Waals surface area contributed by atoms with E-state index in [-0.39, 0.29) is 0 Å². The molecule has 7 nitrogen and oxygen atoms in total. The fraction of sp³-hybridized carbons (Fsp3) is 0.722. The first-order valence-corrected chi connectivity index (χ1v) is 9.18. The maximum absolute atomic E-state index is 11.2. The predicted octanol–water partition coefficient (Wildman–Crippen LogP) is 2.51. The lowest BCUT2D eigenvalue weighted by molar-refractivity contribution is 0.130.